The Morgan fingerprint density at radius 3 is 2.36 bits per heavy atom. The number of nitrogen functional groups attached to an aromatic ring is 1. The summed E-state index contributed by atoms with van der Waals surface area (Å²) in [6, 6.07) is 20.9. The second kappa shape index (κ2) is 9.73. The number of hydrogen-bond acceptors (Lipinski definition) is 4. The van der Waals surface area contributed by atoms with Crippen molar-refractivity contribution in [3.63, 3.8) is 0 Å². The second-order valence-electron chi connectivity index (χ2n) is 8.21. The SMILES string of the molecule is CN(Cc1ccccc1)C(=O)c1cc(N)ccc1N1CCN(C(=O)c2cccc(F)c2)CC1. The highest BCUT2D eigenvalue weighted by Gasteiger charge is 2.26. The fraction of sp³-hybridized carbons (Fsp3) is 0.231. The molecular weight excluding hydrogens is 419 g/mol. The molecule has 0 atom stereocenters. The molecule has 0 aromatic heterocycles. The van der Waals surface area contributed by atoms with Crippen molar-refractivity contribution in [2.75, 3.05) is 43.9 Å². The number of nitrogens with zero attached hydrogens (tertiary/aromatic N) is 3. The van der Waals surface area contributed by atoms with Gasteiger partial charge in [-0.3, -0.25) is 9.59 Å². The van der Waals surface area contributed by atoms with Crippen molar-refractivity contribution in [1.29, 1.82) is 0 Å². The highest BCUT2D eigenvalue weighted by Crippen LogP contribution is 2.26. The first-order chi connectivity index (χ1) is 15.9. The van der Waals surface area contributed by atoms with Crippen molar-refractivity contribution >= 4 is 23.2 Å². The average Bonchev–Trinajstić information content (AvgIpc) is 2.84. The van der Waals surface area contributed by atoms with Crippen molar-refractivity contribution < 1.29 is 14.0 Å². The van der Waals surface area contributed by atoms with Crippen LogP contribution in [-0.2, 0) is 6.54 Å². The minimum absolute atomic E-state index is 0.112. The summed E-state index contributed by atoms with van der Waals surface area (Å²) in [5, 5.41) is 0. The van der Waals surface area contributed by atoms with Crippen LogP contribution in [-0.4, -0.2) is 54.8 Å². The van der Waals surface area contributed by atoms with Gasteiger partial charge in [0, 0.05) is 56.7 Å². The standard InChI is InChI=1S/C26H27FN4O2/c1-29(18-19-6-3-2-4-7-19)26(33)23-17-22(28)10-11-24(23)30-12-14-31(15-13-30)25(32)20-8-5-9-21(27)16-20/h2-11,16-17H,12-15,18,28H2,1H3. The Hall–Kier alpha value is -3.87. The minimum Gasteiger partial charge on any atom is -0.399 e. The zero-order valence-electron chi connectivity index (χ0n) is 18.6. The lowest BCUT2D eigenvalue weighted by molar-refractivity contribution is 0.0742. The van der Waals surface area contributed by atoms with Crippen molar-refractivity contribution in [1.82, 2.24) is 9.80 Å². The van der Waals surface area contributed by atoms with Crippen LogP contribution in [0.3, 0.4) is 0 Å². The van der Waals surface area contributed by atoms with Gasteiger partial charge >= 0.3 is 0 Å². The third kappa shape index (κ3) is 5.14. The van der Waals surface area contributed by atoms with Crippen molar-refractivity contribution in [3.05, 3.63) is 95.3 Å². The molecule has 0 spiro atoms. The predicted molar refractivity (Wildman–Crippen MR) is 128 cm³/mol. The Labute approximate surface area is 193 Å². The summed E-state index contributed by atoms with van der Waals surface area (Å²) in [6.45, 7) is 2.57. The van der Waals surface area contributed by atoms with Crippen LogP contribution in [0.1, 0.15) is 26.3 Å². The van der Waals surface area contributed by atoms with Gasteiger partial charge in [0.25, 0.3) is 11.8 Å². The first-order valence-corrected chi connectivity index (χ1v) is 10.9. The minimum atomic E-state index is -0.427. The fourth-order valence-corrected chi connectivity index (χ4v) is 4.09. The van der Waals surface area contributed by atoms with E-state index in [4.69, 9.17) is 5.73 Å². The summed E-state index contributed by atoms with van der Waals surface area (Å²) >= 11 is 0. The molecule has 1 saturated heterocycles. The van der Waals surface area contributed by atoms with Crippen LogP contribution in [0.4, 0.5) is 15.8 Å². The number of hydrogen-bond donors (Lipinski definition) is 1. The van der Waals surface area contributed by atoms with Crippen LogP contribution in [0.15, 0.2) is 72.8 Å². The number of piperazine rings is 1. The maximum absolute atomic E-state index is 13.5. The fourth-order valence-electron chi connectivity index (χ4n) is 4.09. The number of carbonyl (C=O) groups excluding carboxylic acids is 2. The molecule has 3 aromatic carbocycles. The molecule has 0 unspecified atom stereocenters. The zero-order valence-corrected chi connectivity index (χ0v) is 18.6. The van der Waals surface area contributed by atoms with Gasteiger partial charge in [-0.05, 0) is 42.0 Å². The molecule has 1 aliphatic heterocycles. The van der Waals surface area contributed by atoms with E-state index < -0.39 is 5.82 Å². The van der Waals surface area contributed by atoms with E-state index in [2.05, 4.69) is 4.90 Å². The van der Waals surface area contributed by atoms with Crippen LogP contribution in [0, 0.1) is 5.82 Å². The molecule has 6 nitrogen and oxygen atoms in total. The second-order valence-corrected chi connectivity index (χ2v) is 8.21. The number of halogens is 1. The van der Waals surface area contributed by atoms with Crippen LogP contribution in [0.25, 0.3) is 0 Å². The van der Waals surface area contributed by atoms with E-state index >= 15 is 0 Å². The molecule has 0 bridgehead atoms. The lowest BCUT2D eigenvalue weighted by Crippen LogP contribution is -2.49. The largest absolute Gasteiger partial charge is 0.399 e. The average molecular weight is 447 g/mol. The third-order valence-electron chi connectivity index (χ3n) is 5.84. The van der Waals surface area contributed by atoms with E-state index in [1.54, 1.807) is 35.0 Å². The van der Waals surface area contributed by atoms with Crippen LogP contribution in [0.2, 0.25) is 0 Å². The third-order valence-corrected chi connectivity index (χ3v) is 5.84. The van der Waals surface area contributed by atoms with E-state index in [-0.39, 0.29) is 11.8 Å². The Morgan fingerprint density at radius 2 is 1.67 bits per heavy atom. The van der Waals surface area contributed by atoms with Crippen LogP contribution >= 0.6 is 0 Å². The highest BCUT2D eigenvalue weighted by molar-refractivity contribution is 6.00. The van der Waals surface area contributed by atoms with E-state index in [0.717, 1.165) is 11.3 Å². The van der Waals surface area contributed by atoms with Gasteiger partial charge in [-0.1, -0.05) is 36.4 Å². The van der Waals surface area contributed by atoms with Gasteiger partial charge in [0.1, 0.15) is 5.82 Å². The molecule has 1 heterocycles. The van der Waals surface area contributed by atoms with Crippen LogP contribution < -0.4 is 10.6 Å². The highest BCUT2D eigenvalue weighted by atomic mass is 19.1. The summed E-state index contributed by atoms with van der Waals surface area (Å²) in [6.07, 6.45) is 0. The van der Waals surface area contributed by atoms with Crippen LogP contribution in [0.5, 0.6) is 0 Å². The molecule has 2 N–H and O–H groups in total. The quantitative estimate of drug-likeness (QED) is 0.608. The summed E-state index contributed by atoms with van der Waals surface area (Å²) in [4.78, 5) is 31.5. The predicted octanol–water partition coefficient (Wildman–Crippen LogP) is 3.64. The van der Waals surface area contributed by atoms with Gasteiger partial charge in [0.05, 0.1) is 5.56 Å². The molecule has 0 radical (unpaired) electrons. The maximum Gasteiger partial charge on any atom is 0.256 e. The topological polar surface area (TPSA) is 69.9 Å². The molecule has 0 aliphatic carbocycles. The molecule has 1 aliphatic rings. The molecular formula is C26H27FN4O2. The summed E-state index contributed by atoms with van der Waals surface area (Å²) in [5.41, 5.74) is 9.26. The van der Waals surface area contributed by atoms with Crippen molar-refractivity contribution in [2.24, 2.45) is 0 Å². The van der Waals surface area contributed by atoms with Gasteiger partial charge < -0.3 is 20.4 Å². The number of amides is 2. The Kier molecular flexibility index (Phi) is 6.58. The summed E-state index contributed by atoms with van der Waals surface area (Å²) in [7, 11) is 1.78. The molecule has 1 fully saturated rings. The van der Waals surface area contributed by atoms with E-state index in [1.807, 2.05) is 36.4 Å². The van der Waals surface area contributed by atoms with Gasteiger partial charge in [-0.25, -0.2) is 4.39 Å². The lowest BCUT2D eigenvalue weighted by atomic mass is 10.1. The molecule has 2 amide bonds. The molecule has 7 heteroatoms. The number of anilines is 2. The summed E-state index contributed by atoms with van der Waals surface area (Å²) in [5.74, 6) is -0.728. The Morgan fingerprint density at radius 1 is 0.939 bits per heavy atom. The Balaban J connectivity index is 1.47. The monoisotopic (exact) mass is 446 g/mol. The number of rotatable bonds is 5. The number of carbonyl (C=O) groups is 2. The van der Waals surface area contributed by atoms with Gasteiger partial charge in [0.2, 0.25) is 0 Å². The van der Waals surface area contributed by atoms with Crippen molar-refractivity contribution in [3.8, 4) is 0 Å². The molecule has 33 heavy (non-hydrogen) atoms. The molecule has 4 rings (SSSR count). The maximum atomic E-state index is 13.5. The zero-order chi connectivity index (χ0) is 23.4. The number of benzene rings is 3. The van der Waals surface area contributed by atoms with E-state index in [1.165, 1.54) is 18.2 Å². The van der Waals surface area contributed by atoms with E-state index in [0.29, 0.717) is 49.5 Å². The van der Waals surface area contributed by atoms with Gasteiger partial charge in [0.15, 0.2) is 0 Å². The number of nitrogens with two attached hydrogens (primary N) is 1. The van der Waals surface area contributed by atoms with E-state index in [9.17, 15) is 14.0 Å². The smallest absolute Gasteiger partial charge is 0.256 e. The lowest BCUT2D eigenvalue weighted by Gasteiger charge is -2.37. The van der Waals surface area contributed by atoms with Gasteiger partial charge in [-0.15, -0.1) is 0 Å². The molecule has 170 valence electrons. The van der Waals surface area contributed by atoms with Gasteiger partial charge in [-0.2, -0.15) is 0 Å². The summed E-state index contributed by atoms with van der Waals surface area (Å²) < 4.78 is 13.5. The molecule has 0 saturated carbocycles. The Bertz CT molecular complexity index is 1140. The molecule has 3 aromatic rings. The first kappa shape index (κ1) is 22.3. The first-order valence-electron chi connectivity index (χ1n) is 10.9. The normalized spacial score (nSPS) is 13.6. The van der Waals surface area contributed by atoms with Crippen molar-refractivity contribution in [2.45, 2.75) is 6.54 Å².